The van der Waals surface area contributed by atoms with Crippen molar-refractivity contribution in [2.24, 2.45) is 0 Å². The fraction of sp³-hybridized carbons (Fsp3) is 0. The minimum Gasteiger partial charge on any atom is -0.457 e. The van der Waals surface area contributed by atoms with Crippen LogP contribution in [0.1, 0.15) is 0 Å². The van der Waals surface area contributed by atoms with Crippen molar-refractivity contribution in [2.75, 3.05) is 9.80 Å². The molecule has 2 aliphatic heterocycles. The van der Waals surface area contributed by atoms with Crippen LogP contribution < -0.4 is 14.5 Å². The van der Waals surface area contributed by atoms with Crippen LogP contribution in [0.4, 0.5) is 11.4 Å². The molecule has 0 aromatic heterocycles. The van der Waals surface area contributed by atoms with Crippen molar-refractivity contribution in [3.8, 4) is 11.5 Å². The molecule has 0 spiro atoms. The van der Waals surface area contributed by atoms with Crippen LogP contribution in [0.15, 0.2) is 72.8 Å². The van der Waals surface area contributed by atoms with Gasteiger partial charge >= 0.3 is 0 Å². The fourth-order valence-electron chi connectivity index (χ4n) is 2.79. The third-order valence-corrected chi connectivity index (χ3v) is 4.02. The minimum absolute atomic E-state index is 0.394. The standard InChI is InChI=1S/C20H12N2O5/c23-17-8-9-18(24)21(17)13-4-6-15(7-5-13)27-16-3-1-2-14(12-16)22-19(25)10-11-20(22)26/h1-12H. The van der Waals surface area contributed by atoms with Crippen LogP contribution in [-0.4, -0.2) is 23.6 Å². The van der Waals surface area contributed by atoms with E-state index in [9.17, 15) is 19.2 Å². The maximum absolute atomic E-state index is 11.8. The Bertz CT molecular complexity index is 1000. The Balaban J connectivity index is 1.52. The van der Waals surface area contributed by atoms with Gasteiger partial charge in [0.1, 0.15) is 11.5 Å². The lowest BCUT2D eigenvalue weighted by Gasteiger charge is -2.16. The van der Waals surface area contributed by atoms with E-state index in [1.807, 2.05) is 0 Å². The van der Waals surface area contributed by atoms with Gasteiger partial charge < -0.3 is 4.74 Å². The average Bonchev–Trinajstić information content (AvgIpc) is 3.17. The largest absolute Gasteiger partial charge is 0.457 e. The van der Waals surface area contributed by atoms with Gasteiger partial charge in [0.2, 0.25) is 0 Å². The van der Waals surface area contributed by atoms with Gasteiger partial charge in [-0.1, -0.05) is 6.07 Å². The smallest absolute Gasteiger partial charge is 0.258 e. The molecule has 2 aromatic carbocycles. The number of amides is 4. The first-order valence-electron chi connectivity index (χ1n) is 8.03. The zero-order valence-electron chi connectivity index (χ0n) is 13.9. The Morgan fingerprint density at radius 3 is 1.63 bits per heavy atom. The van der Waals surface area contributed by atoms with Crippen molar-refractivity contribution >= 4 is 35.0 Å². The fourth-order valence-corrected chi connectivity index (χ4v) is 2.79. The summed E-state index contributed by atoms with van der Waals surface area (Å²) in [5, 5.41) is 0. The van der Waals surface area contributed by atoms with Crippen LogP contribution in [-0.2, 0) is 19.2 Å². The maximum atomic E-state index is 11.8. The summed E-state index contributed by atoms with van der Waals surface area (Å²) in [6.07, 6.45) is 4.86. The lowest BCUT2D eigenvalue weighted by molar-refractivity contribution is -0.121. The number of hydrogen-bond acceptors (Lipinski definition) is 5. The molecule has 2 heterocycles. The van der Waals surface area contributed by atoms with Crippen LogP contribution in [0.5, 0.6) is 11.5 Å². The van der Waals surface area contributed by atoms with Crippen molar-refractivity contribution in [1.29, 1.82) is 0 Å². The second-order valence-electron chi connectivity index (χ2n) is 5.78. The molecule has 132 valence electrons. The average molecular weight is 360 g/mol. The summed E-state index contributed by atoms with van der Waals surface area (Å²) in [7, 11) is 0. The molecule has 0 N–H and O–H groups in total. The highest BCUT2D eigenvalue weighted by Crippen LogP contribution is 2.29. The van der Waals surface area contributed by atoms with Crippen LogP contribution >= 0.6 is 0 Å². The third-order valence-electron chi connectivity index (χ3n) is 4.02. The molecule has 0 fully saturated rings. The van der Waals surface area contributed by atoms with Gasteiger partial charge in [-0.15, -0.1) is 0 Å². The lowest BCUT2D eigenvalue weighted by atomic mass is 10.2. The maximum Gasteiger partial charge on any atom is 0.258 e. The second kappa shape index (κ2) is 6.38. The summed E-state index contributed by atoms with van der Waals surface area (Å²) < 4.78 is 5.75. The quantitative estimate of drug-likeness (QED) is 0.782. The van der Waals surface area contributed by atoms with E-state index in [1.165, 1.54) is 24.3 Å². The lowest BCUT2D eigenvalue weighted by Crippen LogP contribution is -2.29. The third kappa shape index (κ3) is 3.02. The van der Waals surface area contributed by atoms with Gasteiger partial charge in [0.25, 0.3) is 23.6 Å². The SMILES string of the molecule is O=C1C=CC(=O)N1c1ccc(Oc2cccc(N3C(=O)C=CC3=O)c2)cc1. The van der Waals surface area contributed by atoms with Gasteiger partial charge in [-0.25, -0.2) is 9.80 Å². The Morgan fingerprint density at radius 2 is 1.07 bits per heavy atom. The van der Waals surface area contributed by atoms with Gasteiger partial charge in [-0.3, -0.25) is 19.2 Å². The van der Waals surface area contributed by atoms with Crippen molar-refractivity contribution in [3.05, 3.63) is 72.8 Å². The van der Waals surface area contributed by atoms with E-state index in [4.69, 9.17) is 4.74 Å². The number of carbonyl (C=O) groups is 4. The van der Waals surface area contributed by atoms with E-state index >= 15 is 0 Å². The Kier molecular flexibility index (Phi) is 3.89. The van der Waals surface area contributed by atoms with E-state index in [1.54, 1.807) is 48.5 Å². The Hall–Kier alpha value is -4.00. The molecule has 0 bridgehead atoms. The number of nitrogens with zero attached hydrogens (tertiary/aromatic N) is 2. The molecule has 0 radical (unpaired) electrons. The van der Waals surface area contributed by atoms with Crippen molar-refractivity contribution < 1.29 is 23.9 Å². The summed E-state index contributed by atoms with van der Waals surface area (Å²) in [5.41, 5.74) is 0.846. The van der Waals surface area contributed by atoms with Crippen LogP contribution in [0.3, 0.4) is 0 Å². The van der Waals surface area contributed by atoms with E-state index < -0.39 is 23.6 Å². The van der Waals surface area contributed by atoms with Gasteiger partial charge in [-0.05, 0) is 36.4 Å². The molecule has 7 heteroatoms. The Morgan fingerprint density at radius 1 is 0.556 bits per heavy atom. The Labute approximate surface area is 153 Å². The molecule has 27 heavy (non-hydrogen) atoms. The van der Waals surface area contributed by atoms with Crippen molar-refractivity contribution in [2.45, 2.75) is 0 Å². The molecule has 4 amide bonds. The second-order valence-corrected chi connectivity index (χ2v) is 5.78. The van der Waals surface area contributed by atoms with Crippen LogP contribution in [0.25, 0.3) is 0 Å². The highest BCUT2D eigenvalue weighted by molar-refractivity contribution is 6.28. The zero-order chi connectivity index (χ0) is 19.0. The molecule has 2 aromatic rings. The number of hydrogen-bond donors (Lipinski definition) is 0. The number of ether oxygens (including phenoxy) is 1. The normalized spacial score (nSPS) is 16.0. The first-order chi connectivity index (χ1) is 13.0. The summed E-state index contributed by atoms with van der Waals surface area (Å²) in [4.78, 5) is 49.1. The van der Waals surface area contributed by atoms with Crippen LogP contribution in [0, 0.1) is 0 Å². The minimum atomic E-state index is -0.407. The van der Waals surface area contributed by atoms with Crippen molar-refractivity contribution in [1.82, 2.24) is 0 Å². The van der Waals surface area contributed by atoms with Gasteiger partial charge in [0.15, 0.2) is 0 Å². The van der Waals surface area contributed by atoms with E-state index in [0.717, 1.165) is 9.80 Å². The highest BCUT2D eigenvalue weighted by Gasteiger charge is 2.26. The van der Waals surface area contributed by atoms with E-state index in [-0.39, 0.29) is 0 Å². The predicted molar refractivity (Wildman–Crippen MR) is 96.2 cm³/mol. The first kappa shape index (κ1) is 16.5. The van der Waals surface area contributed by atoms with Gasteiger partial charge in [0.05, 0.1) is 11.4 Å². The predicted octanol–water partition coefficient (Wildman–Crippen LogP) is 2.34. The number of imide groups is 2. The topological polar surface area (TPSA) is 84.0 Å². The van der Waals surface area contributed by atoms with E-state index in [0.29, 0.717) is 22.9 Å². The first-order valence-corrected chi connectivity index (χ1v) is 8.03. The highest BCUT2D eigenvalue weighted by atomic mass is 16.5. The molecule has 0 saturated carbocycles. The van der Waals surface area contributed by atoms with Crippen molar-refractivity contribution in [3.63, 3.8) is 0 Å². The number of carbonyl (C=O) groups excluding carboxylic acids is 4. The molecule has 0 saturated heterocycles. The van der Waals surface area contributed by atoms with Gasteiger partial charge in [-0.2, -0.15) is 0 Å². The summed E-state index contributed by atoms with van der Waals surface area (Å²) in [6.45, 7) is 0. The number of rotatable bonds is 4. The molecule has 0 atom stereocenters. The molecular weight excluding hydrogens is 348 g/mol. The molecule has 2 aliphatic rings. The molecule has 7 nitrogen and oxygen atoms in total. The zero-order valence-corrected chi connectivity index (χ0v) is 13.9. The monoisotopic (exact) mass is 360 g/mol. The molecular formula is C20H12N2O5. The van der Waals surface area contributed by atoms with Crippen LogP contribution in [0.2, 0.25) is 0 Å². The summed E-state index contributed by atoms with van der Waals surface area (Å²) in [5.74, 6) is -0.696. The summed E-state index contributed by atoms with van der Waals surface area (Å²) >= 11 is 0. The molecule has 0 aliphatic carbocycles. The van der Waals surface area contributed by atoms with E-state index in [2.05, 4.69) is 0 Å². The summed E-state index contributed by atoms with van der Waals surface area (Å²) in [6, 6.07) is 13.0. The van der Waals surface area contributed by atoms with Gasteiger partial charge in [0, 0.05) is 30.4 Å². The number of benzene rings is 2. The molecule has 0 unspecified atom stereocenters. The number of anilines is 2. The molecule has 4 rings (SSSR count).